The normalized spacial score (nSPS) is 18.1. The third-order valence-corrected chi connectivity index (χ3v) is 4.87. The quantitative estimate of drug-likeness (QED) is 0.674. The largest absolute Gasteiger partial charge is 0.377 e. The summed E-state index contributed by atoms with van der Waals surface area (Å²) in [6.45, 7) is 9.08. The Balaban J connectivity index is 1.64. The van der Waals surface area contributed by atoms with Crippen molar-refractivity contribution in [2.24, 2.45) is 0 Å². The van der Waals surface area contributed by atoms with E-state index in [2.05, 4.69) is 22.5 Å². The first kappa shape index (κ1) is 19.7. The minimum atomic E-state index is -0.0992. The van der Waals surface area contributed by atoms with Gasteiger partial charge in [-0.05, 0) is 50.8 Å². The average Bonchev–Trinajstić information content (AvgIpc) is 2.63. The molecule has 0 aromatic heterocycles. The summed E-state index contributed by atoms with van der Waals surface area (Å²) >= 11 is 0. The Bertz CT molecular complexity index is 521. The Labute approximate surface area is 152 Å². The molecule has 2 rings (SSSR count). The number of carbonyl (C=O) groups is 1. The van der Waals surface area contributed by atoms with Gasteiger partial charge in [0, 0.05) is 32.3 Å². The Morgan fingerprint density at radius 2 is 2.04 bits per heavy atom. The molecular weight excluding hydrogens is 314 g/mol. The molecule has 1 aromatic carbocycles. The zero-order valence-corrected chi connectivity index (χ0v) is 15.7. The van der Waals surface area contributed by atoms with Gasteiger partial charge in [-0.15, -0.1) is 0 Å². The summed E-state index contributed by atoms with van der Waals surface area (Å²) < 4.78 is 5.48. The summed E-state index contributed by atoms with van der Waals surface area (Å²) in [5, 5.41) is 5.91. The molecule has 1 aromatic rings. The Hall–Kier alpha value is -1.59. The van der Waals surface area contributed by atoms with Crippen LogP contribution in [0.2, 0.25) is 0 Å². The van der Waals surface area contributed by atoms with E-state index < -0.39 is 0 Å². The van der Waals surface area contributed by atoms with Crippen LogP contribution < -0.4 is 10.6 Å². The fraction of sp³-hybridized carbons (Fsp3) is 0.650. The first-order valence-corrected chi connectivity index (χ1v) is 9.61. The number of benzene rings is 1. The van der Waals surface area contributed by atoms with Crippen LogP contribution in [0.5, 0.6) is 0 Å². The van der Waals surface area contributed by atoms with Crippen molar-refractivity contribution in [3.63, 3.8) is 0 Å². The minimum Gasteiger partial charge on any atom is -0.377 e. The third kappa shape index (κ3) is 7.04. The molecule has 1 saturated heterocycles. The molecule has 1 atom stereocenters. The summed E-state index contributed by atoms with van der Waals surface area (Å²) in [7, 11) is 0. The highest BCUT2D eigenvalue weighted by molar-refractivity contribution is 5.73. The SMILES string of the molecule is CCOCc1ccccc1CNC(=O)NCCCN1CCCCC1C. The first-order valence-electron chi connectivity index (χ1n) is 9.61. The summed E-state index contributed by atoms with van der Waals surface area (Å²) in [5.74, 6) is 0. The second kappa shape index (κ2) is 11.1. The smallest absolute Gasteiger partial charge is 0.315 e. The van der Waals surface area contributed by atoms with E-state index in [1.165, 1.54) is 25.8 Å². The summed E-state index contributed by atoms with van der Waals surface area (Å²) in [5.41, 5.74) is 2.23. The third-order valence-electron chi connectivity index (χ3n) is 4.87. The fourth-order valence-electron chi connectivity index (χ4n) is 3.29. The van der Waals surface area contributed by atoms with Gasteiger partial charge < -0.3 is 20.3 Å². The fourth-order valence-corrected chi connectivity index (χ4v) is 3.29. The summed E-state index contributed by atoms with van der Waals surface area (Å²) in [6, 6.07) is 8.66. The van der Waals surface area contributed by atoms with Crippen LogP contribution in [0.1, 0.15) is 50.7 Å². The van der Waals surface area contributed by atoms with Crippen molar-refractivity contribution in [1.82, 2.24) is 15.5 Å². The maximum absolute atomic E-state index is 12.0. The van der Waals surface area contributed by atoms with Crippen LogP contribution in [0.3, 0.4) is 0 Å². The van der Waals surface area contributed by atoms with E-state index in [1.54, 1.807) is 0 Å². The predicted octanol–water partition coefficient (Wildman–Crippen LogP) is 3.29. The molecule has 1 unspecified atom stereocenters. The summed E-state index contributed by atoms with van der Waals surface area (Å²) in [4.78, 5) is 14.5. The van der Waals surface area contributed by atoms with Crippen molar-refractivity contribution in [1.29, 1.82) is 0 Å². The maximum Gasteiger partial charge on any atom is 0.315 e. The van der Waals surface area contributed by atoms with Crippen molar-refractivity contribution in [3.05, 3.63) is 35.4 Å². The van der Waals surface area contributed by atoms with E-state index in [4.69, 9.17) is 4.74 Å². The molecule has 0 bridgehead atoms. The van der Waals surface area contributed by atoms with Crippen LogP contribution in [-0.4, -0.2) is 43.2 Å². The molecule has 5 heteroatoms. The van der Waals surface area contributed by atoms with E-state index in [0.717, 1.165) is 30.6 Å². The van der Waals surface area contributed by atoms with E-state index in [1.807, 2.05) is 31.2 Å². The number of likely N-dealkylation sites (tertiary alicyclic amines) is 1. The molecule has 140 valence electrons. The van der Waals surface area contributed by atoms with Gasteiger partial charge in [-0.3, -0.25) is 0 Å². The Kier molecular flexibility index (Phi) is 8.77. The molecular formula is C20H33N3O2. The second-order valence-corrected chi connectivity index (χ2v) is 6.75. The molecule has 1 heterocycles. The van der Waals surface area contributed by atoms with Gasteiger partial charge in [-0.2, -0.15) is 0 Å². The molecule has 0 spiro atoms. The van der Waals surface area contributed by atoms with Crippen molar-refractivity contribution >= 4 is 6.03 Å². The molecule has 1 fully saturated rings. The minimum absolute atomic E-state index is 0.0992. The van der Waals surface area contributed by atoms with Gasteiger partial charge in [-0.25, -0.2) is 4.79 Å². The molecule has 0 aliphatic carbocycles. The lowest BCUT2D eigenvalue weighted by atomic mass is 10.0. The molecule has 1 aliphatic rings. The van der Waals surface area contributed by atoms with Crippen LogP contribution in [0, 0.1) is 0 Å². The molecule has 2 amide bonds. The predicted molar refractivity (Wildman–Crippen MR) is 102 cm³/mol. The summed E-state index contributed by atoms with van der Waals surface area (Å²) in [6.07, 6.45) is 4.95. The standard InChI is InChI=1S/C20H33N3O2/c1-3-25-16-19-11-5-4-10-18(19)15-22-20(24)21-12-8-14-23-13-7-6-9-17(23)2/h4-5,10-11,17H,3,6-9,12-16H2,1-2H3,(H2,21,22,24). The van der Waals surface area contributed by atoms with Gasteiger partial charge in [0.2, 0.25) is 0 Å². The van der Waals surface area contributed by atoms with Gasteiger partial charge >= 0.3 is 6.03 Å². The van der Waals surface area contributed by atoms with Crippen LogP contribution in [0.15, 0.2) is 24.3 Å². The molecule has 1 aliphatic heterocycles. The number of carbonyl (C=O) groups excluding carboxylic acids is 1. The number of ether oxygens (including phenoxy) is 1. The van der Waals surface area contributed by atoms with Crippen molar-refractivity contribution in [3.8, 4) is 0 Å². The Morgan fingerprint density at radius 3 is 2.80 bits per heavy atom. The van der Waals surface area contributed by atoms with Crippen LogP contribution in [0.25, 0.3) is 0 Å². The Morgan fingerprint density at radius 1 is 1.24 bits per heavy atom. The highest BCUT2D eigenvalue weighted by Crippen LogP contribution is 2.16. The van der Waals surface area contributed by atoms with E-state index in [0.29, 0.717) is 25.8 Å². The van der Waals surface area contributed by atoms with Gasteiger partial charge in [-0.1, -0.05) is 30.7 Å². The monoisotopic (exact) mass is 347 g/mol. The molecule has 2 N–H and O–H groups in total. The average molecular weight is 348 g/mol. The van der Waals surface area contributed by atoms with E-state index >= 15 is 0 Å². The maximum atomic E-state index is 12.0. The molecule has 25 heavy (non-hydrogen) atoms. The number of hydrogen-bond donors (Lipinski definition) is 2. The van der Waals surface area contributed by atoms with Gasteiger partial charge in [0.05, 0.1) is 6.61 Å². The lowest BCUT2D eigenvalue weighted by Gasteiger charge is -2.33. The van der Waals surface area contributed by atoms with Gasteiger partial charge in [0.1, 0.15) is 0 Å². The first-order chi connectivity index (χ1) is 12.2. The van der Waals surface area contributed by atoms with Crippen LogP contribution in [0.4, 0.5) is 4.79 Å². The van der Waals surface area contributed by atoms with Gasteiger partial charge in [0.15, 0.2) is 0 Å². The number of rotatable bonds is 9. The van der Waals surface area contributed by atoms with Crippen LogP contribution >= 0.6 is 0 Å². The van der Waals surface area contributed by atoms with Crippen LogP contribution in [-0.2, 0) is 17.9 Å². The molecule has 0 radical (unpaired) electrons. The number of hydrogen-bond acceptors (Lipinski definition) is 3. The second-order valence-electron chi connectivity index (χ2n) is 6.75. The van der Waals surface area contributed by atoms with Crippen molar-refractivity contribution < 1.29 is 9.53 Å². The van der Waals surface area contributed by atoms with Crippen molar-refractivity contribution in [2.45, 2.75) is 58.7 Å². The zero-order chi connectivity index (χ0) is 17.9. The highest BCUT2D eigenvalue weighted by atomic mass is 16.5. The molecule has 5 nitrogen and oxygen atoms in total. The van der Waals surface area contributed by atoms with E-state index in [-0.39, 0.29) is 6.03 Å². The van der Waals surface area contributed by atoms with E-state index in [9.17, 15) is 4.79 Å². The number of amides is 2. The number of nitrogens with zero attached hydrogens (tertiary/aromatic N) is 1. The topological polar surface area (TPSA) is 53.6 Å². The van der Waals surface area contributed by atoms with Crippen molar-refractivity contribution in [2.75, 3.05) is 26.2 Å². The molecule has 0 saturated carbocycles. The highest BCUT2D eigenvalue weighted by Gasteiger charge is 2.17. The van der Waals surface area contributed by atoms with Gasteiger partial charge in [0.25, 0.3) is 0 Å². The number of urea groups is 1. The lowest BCUT2D eigenvalue weighted by molar-refractivity contribution is 0.133. The lowest BCUT2D eigenvalue weighted by Crippen LogP contribution is -2.40. The zero-order valence-electron chi connectivity index (χ0n) is 15.7. The number of nitrogens with one attached hydrogen (secondary N) is 2. The number of piperidine rings is 1.